The first-order valence-electron chi connectivity index (χ1n) is 15.7. The zero-order valence-electron chi connectivity index (χ0n) is 26.5. The Hall–Kier alpha value is -3.99. The minimum absolute atomic E-state index is 0.114. The van der Waals surface area contributed by atoms with Gasteiger partial charge >= 0.3 is 0 Å². The van der Waals surface area contributed by atoms with Crippen molar-refractivity contribution in [1.29, 1.82) is 0 Å². The van der Waals surface area contributed by atoms with Crippen molar-refractivity contribution in [3.63, 3.8) is 0 Å². The summed E-state index contributed by atoms with van der Waals surface area (Å²) in [5, 5.41) is 11.4. The van der Waals surface area contributed by atoms with Gasteiger partial charge in [-0.05, 0) is 60.9 Å². The lowest BCUT2D eigenvalue weighted by Crippen LogP contribution is -2.56. The molecule has 2 aromatic rings. The number of para-hydroxylation sites is 1. The van der Waals surface area contributed by atoms with Gasteiger partial charge in [-0.25, -0.2) is 4.39 Å². The average molecular weight is 625 g/mol. The van der Waals surface area contributed by atoms with Gasteiger partial charge in [-0.2, -0.15) is 0 Å². The summed E-state index contributed by atoms with van der Waals surface area (Å²) in [5.74, 6) is -2.13. The van der Waals surface area contributed by atoms with Crippen molar-refractivity contribution in [3.8, 4) is 5.75 Å². The topological polar surface area (TPSA) is 135 Å². The van der Waals surface area contributed by atoms with Gasteiger partial charge in [-0.15, -0.1) is 0 Å². The summed E-state index contributed by atoms with van der Waals surface area (Å²) in [7, 11) is 0. The second-order valence-electron chi connectivity index (χ2n) is 12.8. The first-order valence-corrected chi connectivity index (χ1v) is 15.7. The number of carbonyl (C=O) groups excluding carboxylic acids is 4. The van der Waals surface area contributed by atoms with Crippen LogP contribution in [-0.2, 0) is 24.5 Å². The largest absolute Gasteiger partial charge is 0.491 e. The van der Waals surface area contributed by atoms with Crippen LogP contribution >= 0.6 is 0 Å². The number of benzene rings is 2. The van der Waals surface area contributed by atoms with Gasteiger partial charge in [0.2, 0.25) is 17.7 Å². The molecule has 11 heteroatoms. The zero-order valence-corrected chi connectivity index (χ0v) is 26.5. The fraction of sp³-hybridized carbons (Fsp3) is 0.529. The van der Waals surface area contributed by atoms with Gasteiger partial charge in [0.05, 0.1) is 18.0 Å². The average Bonchev–Trinajstić information content (AvgIpc) is 3.00. The second-order valence-corrected chi connectivity index (χ2v) is 12.8. The second kappa shape index (κ2) is 15.3. The minimum Gasteiger partial charge on any atom is -0.491 e. The number of nitrogens with one attached hydrogen (secondary N) is 4. The summed E-state index contributed by atoms with van der Waals surface area (Å²) >= 11 is 0. The predicted octanol–water partition coefficient (Wildman–Crippen LogP) is 3.24. The molecular formula is C34H45FN4O6. The van der Waals surface area contributed by atoms with Gasteiger partial charge in [0, 0.05) is 25.2 Å². The number of amides is 4. The quantitative estimate of drug-likeness (QED) is 0.374. The van der Waals surface area contributed by atoms with E-state index in [4.69, 9.17) is 9.47 Å². The third-order valence-corrected chi connectivity index (χ3v) is 8.44. The van der Waals surface area contributed by atoms with E-state index in [9.17, 15) is 23.6 Å². The molecule has 2 aromatic carbocycles. The van der Waals surface area contributed by atoms with Gasteiger partial charge in [0.15, 0.2) is 0 Å². The van der Waals surface area contributed by atoms with E-state index < -0.39 is 41.6 Å². The van der Waals surface area contributed by atoms with E-state index in [-0.39, 0.29) is 48.3 Å². The lowest BCUT2D eigenvalue weighted by molar-refractivity contribution is -0.132. The number of halogens is 1. The number of hydrogen-bond donors (Lipinski definition) is 4. The highest BCUT2D eigenvalue weighted by Gasteiger charge is 2.37. The highest BCUT2D eigenvalue weighted by atomic mass is 19.1. The van der Waals surface area contributed by atoms with Crippen LogP contribution in [0.4, 0.5) is 4.39 Å². The van der Waals surface area contributed by atoms with Gasteiger partial charge in [0.25, 0.3) is 5.91 Å². The number of rotatable bonds is 7. The molecule has 0 saturated carbocycles. The fourth-order valence-corrected chi connectivity index (χ4v) is 5.92. The van der Waals surface area contributed by atoms with Crippen LogP contribution in [0.3, 0.4) is 0 Å². The molecule has 10 nitrogen and oxygen atoms in total. The van der Waals surface area contributed by atoms with E-state index in [1.165, 1.54) is 12.1 Å². The van der Waals surface area contributed by atoms with Crippen molar-refractivity contribution in [2.24, 2.45) is 11.8 Å². The van der Waals surface area contributed by atoms with Crippen LogP contribution in [0.25, 0.3) is 0 Å². The predicted molar refractivity (Wildman–Crippen MR) is 167 cm³/mol. The molecule has 1 saturated heterocycles. The molecule has 0 spiro atoms. The van der Waals surface area contributed by atoms with E-state index in [2.05, 4.69) is 21.3 Å². The lowest BCUT2D eigenvalue weighted by Gasteiger charge is -2.38. The summed E-state index contributed by atoms with van der Waals surface area (Å²) in [6, 6.07) is 10.5. The third-order valence-electron chi connectivity index (χ3n) is 8.44. The Morgan fingerprint density at radius 3 is 2.42 bits per heavy atom. The monoisotopic (exact) mass is 624 g/mol. The highest BCUT2D eigenvalue weighted by Crippen LogP contribution is 2.34. The van der Waals surface area contributed by atoms with Crippen molar-refractivity contribution >= 4 is 23.6 Å². The Morgan fingerprint density at radius 1 is 1.00 bits per heavy atom. The number of carbonyl (C=O) groups is 4. The third kappa shape index (κ3) is 9.03. The maximum atomic E-state index is 14.2. The molecule has 0 radical (unpaired) electrons. The molecule has 1 fully saturated rings. The van der Waals surface area contributed by atoms with Crippen molar-refractivity contribution in [2.45, 2.75) is 76.9 Å². The molecule has 4 amide bonds. The van der Waals surface area contributed by atoms with Crippen LogP contribution in [0.2, 0.25) is 0 Å². The van der Waals surface area contributed by atoms with Gasteiger partial charge in [-0.3, -0.25) is 19.2 Å². The summed E-state index contributed by atoms with van der Waals surface area (Å²) in [4.78, 5) is 54.0. The molecule has 0 aromatic heterocycles. The Kier molecular flexibility index (Phi) is 11.6. The Balaban J connectivity index is 1.61. The molecule has 4 N–H and O–H groups in total. The van der Waals surface area contributed by atoms with E-state index in [0.717, 1.165) is 5.56 Å². The van der Waals surface area contributed by atoms with E-state index in [0.29, 0.717) is 38.2 Å². The van der Waals surface area contributed by atoms with Crippen molar-refractivity contribution in [2.75, 3.05) is 26.4 Å². The summed E-state index contributed by atoms with van der Waals surface area (Å²) in [6.07, 6.45) is 1.34. The van der Waals surface area contributed by atoms with Crippen LogP contribution in [0, 0.1) is 17.7 Å². The molecule has 2 heterocycles. The van der Waals surface area contributed by atoms with Gasteiger partial charge in [0.1, 0.15) is 30.3 Å². The molecule has 0 aliphatic carbocycles. The fourth-order valence-electron chi connectivity index (χ4n) is 5.92. The first kappa shape index (κ1) is 33.9. The number of hydrogen-bond acceptors (Lipinski definition) is 6. The zero-order chi connectivity index (χ0) is 32.6. The van der Waals surface area contributed by atoms with Crippen molar-refractivity contribution in [1.82, 2.24) is 21.3 Å². The molecule has 2 aliphatic rings. The Morgan fingerprint density at radius 2 is 1.73 bits per heavy atom. The Bertz CT molecular complexity index is 1360. The smallest absolute Gasteiger partial charge is 0.255 e. The van der Waals surface area contributed by atoms with Crippen LogP contribution in [-0.4, -0.2) is 68.1 Å². The first-order chi connectivity index (χ1) is 21.5. The van der Waals surface area contributed by atoms with Crippen molar-refractivity contribution in [3.05, 3.63) is 65.5 Å². The molecule has 0 unspecified atom stereocenters. The summed E-state index contributed by atoms with van der Waals surface area (Å²) < 4.78 is 25.8. The normalized spacial score (nSPS) is 22.7. The van der Waals surface area contributed by atoms with E-state index >= 15 is 0 Å². The Labute approximate surface area is 264 Å². The van der Waals surface area contributed by atoms with Crippen LogP contribution in [0.15, 0.2) is 48.5 Å². The van der Waals surface area contributed by atoms with E-state index in [1.807, 2.05) is 33.8 Å². The van der Waals surface area contributed by atoms with Gasteiger partial charge in [-0.1, -0.05) is 52.0 Å². The van der Waals surface area contributed by atoms with E-state index in [1.54, 1.807) is 30.3 Å². The van der Waals surface area contributed by atoms with Crippen LogP contribution in [0.1, 0.15) is 69.3 Å². The SMILES string of the molecule is CC(C)C[C@@H]1COc2ccccc2C(=O)N[C@H](C(=O)NCC2(c3cccc(F)c3)CCOCC2)CC(=O)N[C@H](C(C)C)C(=O)N1. The maximum absolute atomic E-state index is 14.2. The maximum Gasteiger partial charge on any atom is 0.255 e. The lowest BCUT2D eigenvalue weighted by atomic mass is 9.74. The van der Waals surface area contributed by atoms with Gasteiger partial charge < -0.3 is 30.7 Å². The standard InChI is InChI=1S/C34H45FN4O6/c1-21(2)16-25-19-45-28-11-6-5-10-26(28)31(41)38-27(18-29(40)39-30(22(3)4)33(43)37-25)32(42)36-20-34(12-14-44-15-13-34)23-8-7-9-24(35)17-23/h5-11,17,21-22,25,27,30H,12-16,18-20H2,1-4H3,(H,36,42)(H,37,43)(H,38,41)(H,39,40)/t25-,27+,30-/m1/s1. The highest BCUT2D eigenvalue weighted by molar-refractivity contribution is 6.01. The number of ether oxygens (including phenoxy) is 2. The number of fused-ring (bicyclic) bond motifs is 1. The van der Waals surface area contributed by atoms with Crippen LogP contribution < -0.4 is 26.0 Å². The minimum atomic E-state index is -1.26. The molecule has 0 bridgehead atoms. The summed E-state index contributed by atoms with van der Waals surface area (Å²) in [6.45, 7) is 8.88. The molecule has 45 heavy (non-hydrogen) atoms. The molecular weight excluding hydrogens is 579 g/mol. The summed E-state index contributed by atoms with van der Waals surface area (Å²) in [5.41, 5.74) is 0.354. The molecule has 244 valence electrons. The van der Waals surface area contributed by atoms with Crippen LogP contribution in [0.5, 0.6) is 5.75 Å². The molecule has 2 aliphatic heterocycles. The molecule has 4 rings (SSSR count). The van der Waals surface area contributed by atoms with Crippen molar-refractivity contribution < 1.29 is 33.0 Å². The molecule has 3 atom stereocenters.